The summed E-state index contributed by atoms with van der Waals surface area (Å²) >= 11 is 0. The van der Waals surface area contributed by atoms with E-state index in [-0.39, 0.29) is 4.90 Å². The summed E-state index contributed by atoms with van der Waals surface area (Å²) in [5.74, 6) is 0.811. The van der Waals surface area contributed by atoms with Crippen LogP contribution in [0.3, 0.4) is 0 Å². The van der Waals surface area contributed by atoms with Crippen LogP contribution in [0.5, 0.6) is 11.5 Å². The third kappa shape index (κ3) is 3.34. The van der Waals surface area contributed by atoms with Crippen LogP contribution >= 0.6 is 0 Å². The highest BCUT2D eigenvalue weighted by Crippen LogP contribution is 2.32. The van der Waals surface area contributed by atoms with Crippen molar-refractivity contribution in [3.8, 4) is 11.5 Å². The predicted octanol–water partition coefficient (Wildman–Crippen LogP) is 0.413. The first kappa shape index (κ1) is 14.7. The average molecular weight is 274 g/mol. The smallest absolute Gasteiger partial charge is 0.238 e. The second-order valence-electron chi connectivity index (χ2n) is 4.10. The van der Waals surface area contributed by atoms with Gasteiger partial charge in [-0.3, -0.25) is 0 Å². The average Bonchev–Trinajstić information content (AvgIpc) is 2.26. The Labute approximate surface area is 107 Å². The molecule has 0 aliphatic carbocycles. The number of hydrogen-bond donors (Lipinski definition) is 1. The van der Waals surface area contributed by atoms with E-state index >= 15 is 0 Å². The van der Waals surface area contributed by atoms with Gasteiger partial charge in [-0.15, -0.1) is 0 Å². The molecule has 2 N–H and O–H groups in total. The second-order valence-corrected chi connectivity index (χ2v) is 5.63. The van der Waals surface area contributed by atoms with E-state index < -0.39 is 10.0 Å². The number of rotatable bonds is 5. The van der Waals surface area contributed by atoms with Crippen LogP contribution < -0.4 is 14.6 Å². The fourth-order valence-corrected chi connectivity index (χ4v) is 2.39. The summed E-state index contributed by atoms with van der Waals surface area (Å²) in [6, 6.07) is 3.01. The molecule has 0 saturated heterocycles. The largest absolute Gasteiger partial charge is 0.493 e. The lowest BCUT2D eigenvalue weighted by atomic mass is 10.2. The number of benzene rings is 1. The molecule has 102 valence electrons. The van der Waals surface area contributed by atoms with Gasteiger partial charge in [0, 0.05) is 12.6 Å². The lowest BCUT2D eigenvalue weighted by Crippen LogP contribution is -2.19. The zero-order chi connectivity index (χ0) is 13.9. The summed E-state index contributed by atoms with van der Waals surface area (Å²) in [4.78, 5) is 1.89. The van der Waals surface area contributed by atoms with Gasteiger partial charge in [0.2, 0.25) is 10.0 Å². The van der Waals surface area contributed by atoms with Crippen LogP contribution in [-0.4, -0.2) is 41.6 Å². The van der Waals surface area contributed by atoms with E-state index in [1.54, 1.807) is 6.07 Å². The van der Waals surface area contributed by atoms with E-state index in [4.69, 9.17) is 14.6 Å². The van der Waals surface area contributed by atoms with Gasteiger partial charge in [-0.25, -0.2) is 13.6 Å². The van der Waals surface area contributed by atoms with Crippen molar-refractivity contribution in [1.29, 1.82) is 0 Å². The molecule has 0 aromatic heterocycles. The summed E-state index contributed by atoms with van der Waals surface area (Å²) in [7, 11) is 2.81. The molecule has 0 unspecified atom stereocenters. The molecule has 1 aromatic carbocycles. The number of ether oxygens (including phenoxy) is 2. The van der Waals surface area contributed by atoms with E-state index in [2.05, 4.69) is 0 Å². The van der Waals surface area contributed by atoms with E-state index in [0.29, 0.717) is 23.6 Å². The van der Waals surface area contributed by atoms with Crippen molar-refractivity contribution in [1.82, 2.24) is 4.90 Å². The van der Waals surface area contributed by atoms with Crippen molar-refractivity contribution in [2.24, 2.45) is 5.14 Å². The highest BCUT2D eigenvalue weighted by atomic mass is 32.2. The summed E-state index contributed by atoms with van der Waals surface area (Å²) in [6.45, 7) is 0.437. The molecule has 1 aromatic rings. The Balaban J connectivity index is 3.46. The number of hydrogen-bond acceptors (Lipinski definition) is 5. The molecule has 0 bridgehead atoms. The molecule has 18 heavy (non-hydrogen) atoms. The van der Waals surface area contributed by atoms with Crippen molar-refractivity contribution in [2.75, 3.05) is 28.3 Å². The minimum atomic E-state index is -3.80. The highest BCUT2D eigenvalue weighted by molar-refractivity contribution is 7.89. The van der Waals surface area contributed by atoms with Crippen LogP contribution in [-0.2, 0) is 16.6 Å². The molecule has 7 heteroatoms. The van der Waals surface area contributed by atoms with E-state index in [0.717, 1.165) is 0 Å². The van der Waals surface area contributed by atoms with Crippen molar-refractivity contribution in [2.45, 2.75) is 11.4 Å². The van der Waals surface area contributed by atoms with Crippen LogP contribution in [0.15, 0.2) is 17.0 Å². The zero-order valence-electron chi connectivity index (χ0n) is 10.9. The summed E-state index contributed by atoms with van der Waals surface area (Å²) < 4.78 is 33.4. The van der Waals surface area contributed by atoms with Gasteiger partial charge in [0.25, 0.3) is 0 Å². The molecule has 0 atom stereocenters. The molecule has 0 spiro atoms. The minimum absolute atomic E-state index is 0.0499. The number of primary sulfonamides is 1. The fraction of sp³-hybridized carbons (Fsp3) is 0.455. The molecule has 0 aliphatic heterocycles. The Bertz CT molecular complexity index is 526. The molecule has 0 radical (unpaired) electrons. The van der Waals surface area contributed by atoms with E-state index in [1.165, 1.54) is 20.3 Å². The maximum Gasteiger partial charge on any atom is 0.238 e. The lowest BCUT2D eigenvalue weighted by Gasteiger charge is -2.16. The number of methoxy groups -OCH3 is 2. The van der Waals surface area contributed by atoms with Gasteiger partial charge in [0.15, 0.2) is 11.5 Å². The highest BCUT2D eigenvalue weighted by Gasteiger charge is 2.19. The first-order chi connectivity index (χ1) is 8.29. The Kier molecular flexibility index (Phi) is 4.55. The molecule has 1 rings (SSSR count). The van der Waals surface area contributed by atoms with Crippen LogP contribution in [0.4, 0.5) is 0 Å². The molecule has 0 fully saturated rings. The van der Waals surface area contributed by atoms with Crippen LogP contribution in [0.2, 0.25) is 0 Å². The standard InChI is InChI=1S/C11H18N2O4S/c1-13(2)7-8-5-9(16-3)10(17-4)6-11(8)18(12,14)15/h5-6H,7H2,1-4H3,(H2,12,14,15). The molecule has 6 nitrogen and oxygen atoms in total. The molecule has 0 saturated carbocycles. The maximum absolute atomic E-state index is 11.6. The van der Waals surface area contributed by atoms with Crippen molar-refractivity contribution < 1.29 is 17.9 Å². The van der Waals surface area contributed by atoms with E-state index in [9.17, 15) is 8.42 Å². The van der Waals surface area contributed by atoms with Crippen molar-refractivity contribution in [3.05, 3.63) is 17.7 Å². The van der Waals surface area contributed by atoms with Crippen LogP contribution in [0.1, 0.15) is 5.56 Å². The summed E-state index contributed by atoms with van der Waals surface area (Å²) in [5.41, 5.74) is 0.570. The number of nitrogens with zero attached hydrogens (tertiary/aromatic N) is 1. The second kappa shape index (κ2) is 5.55. The Morgan fingerprint density at radius 3 is 2.06 bits per heavy atom. The van der Waals surface area contributed by atoms with Crippen molar-refractivity contribution >= 4 is 10.0 Å². The Morgan fingerprint density at radius 2 is 1.67 bits per heavy atom. The molecular weight excluding hydrogens is 256 g/mol. The monoisotopic (exact) mass is 274 g/mol. The lowest BCUT2D eigenvalue weighted by molar-refractivity contribution is 0.350. The van der Waals surface area contributed by atoms with Crippen LogP contribution in [0, 0.1) is 0 Å². The molecule has 0 aliphatic rings. The van der Waals surface area contributed by atoms with Gasteiger partial charge in [-0.05, 0) is 25.7 Å². The van der Waals surface area contributed by atoms with Gasteiger partial charge in [0.05, 0.1) is 19.1 Å². The topological polar surface area (TPSA) is 81.9 Å². The molecular formula is C11H18N2O4S. The third-order valence-corrected chi connectivity index (χ3v) is 3.35. The predicted molar refractivity (Wildman–Crippen MR) is 68.3 cm³/mol. The first-order valence-corrected chi connectivity index (χ1v) is 6.76. The number of sulfonamides is 1. The number of nitrogens with two attached hydrogens (primary N) is 1. The summed E-state index contributed by atoms with van der Waals surface area (Å²) in [5, 5.41) is 5.21. The quantitative estimate of drug-likeness (QED) is 0.841. The minimum Gasteiger partial charge on any atom is -0.493 e. The first-order valence-electron chi connectivity index (χ1n) is 5.22. The maximum atomic E-state index is 11.6. The molecule has 0 amide bonds. The van der Waals surface area contributed by atoms with Gasteiger partial charge in [0.1, 0.15) is 0 Å². The normalized spacial score (nSPS) is 11.7. The zero-order valence-corrected chi connectivity index (χ0v) is 11.7. The van der Waals surface area contributed by atoms with Gasteiger partial charge in [-0.2, -0.15) is 0 Å². The van der Waals surface area contributed by atoms with Gasteiger partial charge < -0.3 is 14.4 Å². The van der Waals surface area contributed by atoms with Gasteiger partial charge >= 0.3 is 0 Å². The van der Waals surface area contributed by atoms with E-state index in [1.807, 2.05) is 19.0 Å². The Morgan fingerprint density at radius 1 is 1.17 bits per heavy atom. The molecule has 0 heterocycles. The van der Waals surface area contributed by atoms with Crippen molar-refractivity contribution in [3.63, 3.8) is 0 Å². The fourth-order valence-electron chi connectivity index (χ4n) is 1.63. The van der Waals surface area contributed by atoms with Gasteiger partial charge in [-0.1, -0.05) is 0 Å². The van der Waals surface area contributed by atoms with Crippen LogP contribution in [0.25, 0.3) is 0 Å². The summed E-state index contributed by atoms with van der Waals surface area (Å²) in [6.07, 6.45) is 0. The third-order valence-electron chi connectivity index (χ3n) is 2.36. The SMILES string of the molecule is COc1cc(CN(C)C)c(S(N)(=O)=O)cc1OC. The Hall–Kier alpha value is -1.31.